The second-order valence-electron chi connectivity index (χ2n) is 6.73. The Hall–Kier alpha value is -1.10. The molecule has 2 heterocycles. The van der Waals surface area contributed by atoms with Crippen LogP contribution in [0.2, 0.25) is 0 Å². The molecule has 1 atom stereocenters. The summed E-state index contributed by atoms with van der Waals surface area (Å²) >= 11 is 0. The van der Waals surface area contributed by atoms with Crippen molar-refractivity contribution in [2.75, 3.05) is 39.3 Å². The largest absolute Gasteiger partial charge is 0.348 e. The highest BCUT2D eigenvalue weighted by Gasteiger charge is 2.25. The minimum Gasteiger partial charge on any atom is -0.348 e. The van der Waals surface area contributed by atoms with E-state index in [1.54, 1.807) is 4.90 Å². The van der Waals surface area contributed by atoms with Crippen LogP contribution in [0.25, 0.3) is 0 Å². The van der Waals surface area contributed by atoms with Gasteiger partial charge in [0.05, 0.1) is 0 Å². The van der Waals surface area contributed by atoms with Crippen LogP contribution in [0.4, 0.5) is 0 Å². The number of unbranched alkanes of at least 4 members (excludes halogenated alkanes) is 1. The number of hydrogen-bond acceptors (Lipinski definition) is 3. The Morgan fingerprint density at radius 2 is 1.82 bits per heavy atom. The Labute approximate surface area is 134 Å². The predicted molar refractivity (Wildman–Crippen MR) is 87.5 cm³/mol. The topological polar surface area (TPSA) is 52.7 Å². The summed E-state index contributed by atoms with van der Waals surface area (Å²) < 4.78 is 0. The maximum atomic E-state index is 12.2. The third-order valence-corrected chi connectivity index (χ3v) is 4.84. The van der Waals surface area contributed by atoms with Crippen LogP contribution in [0.5, 0.6) is 0 Å². The standard InChI is InChI=1S/C17H31N3O2/c1-2-3-9-19-12-8-15(14-19)13-18-16(21)17(22)20-10-6-4-5-7-11-20/h15H,2-14H2,1H3,(H,18,21)/t15-/m0/s1. The number of carbonyl (C=O) groups is 2. The van der Waals surface area contributed by atoms with Gasteiger partial charge in [0.2, 0.25) is 0 Å². The van der Waals surface area contributed by atoms with Gasteiger partial charge in [-0.2, -0.15) is 0 Å². The van der Waals surface area contributed by atoms with E-state index in [1.165, 1.54) is 25.7 Å². The average Bonchev–Trinajstić information content (AvgIpc) is 2.81. The van der Waals surface area contributed by atoms with Crippen LogP contribution < -0.4 is 5.32 Å². The summed E-state index contributed by atoms with van der Waals surface area (Å²) in [5.74, 6) is -0.241. The van der Waals surface area contributed by atoms with Gasteiger partial charge in [0.25, 0.3) is 0 Å². The van der Waals surface area contributed by atoms with E-state index in [4.69, 9.17) is 0 Å². The van der Waals surface area contributed by atoms with Crippen molar-refractivity contribution in [3.8, 4) is 0 Å². The third-order valence-electron chi connectivity index (χ3n) is 4.84. The fourth-order valence-corrected chi connectivity index (χ4v) is 3.39. The summed E-state index contributed by atoms with van der Waals surface area (Å²) in [4.78, 5) is 28.4. The predicted octanol–water partition coefficient (Wildman–Crippen LogP) is 1.63. The van der Waals surface area contributed by atoms with E-state index in [1.807, 2.05) is 0 Å². The SMILES string of the molecule is CCCCN1CC[C@@H](CNC(=O)C(=O)N2CCCCCC2)C1. The second-order valence-corrected chi connectivity index (χ2v) is 6.73. The molecule has 0 radical (unpaired) electrons. The lowest BCUT2D eigenvalue weighted by molar-refractivity contribution is -0.145. The molecule has 2 rings (SSSR count). The Morgan fingerprint density at radius 3 is 2.50 bits per heavy atom. The van der Waals surface area contributed by atoms with Gasteiger partial charge in [-0.05, 0) is 44.7 Å². The maximum absolute atomic E-state index is 12.2. The summed E-state index contributed by atoms with van der Waals surface area (Å²) in [5, 5.41) is 2.86. The van der Waals surface area contributed by atoms with E-state index in [2.05, 4.69) is 17.1 Å². The summed E-state index contributed by atoms with van der Waals surface area (Å²) in [6.07, 6.45) is 7.97. The van der Waals surface area contributed by atoms with Crippen LogP contribution >= 0.6 is 0 Å². The van der Waals surface area contributed by atoms with E-state index in [-0.39, 0.29) is 5.91 Å². The first kappa shape index (κ1) is 17.3. The smallest absolute Gasteiger partial charge is 0.311 e. The van der Waals surface area contributed by atoms with Crippen LogP contribution in [-0.2, 0) is 9.59 Å². The van der Waals surface area contributed by atoms with E-state index < -0.39 is 5.91 Å². The van der Waals surface area contributed by atoms with E-state index in [0.717, 1.165) is 52.0 Å². The molecule has 0 aromatic rings. The summed E-state index contributed by atoms with van der Waals surface area (Å²) in [6.45, 7) is 7.66. The van der Waals surface area contributed by atoms with Crippen molar-refractivity contribution in [3.63, 3.8) is 0 Å². The zero-order chi connectivity index (χ0) is 15.8. The minimum atomic E-state index is -0.408. The lowest BCUT2D eigenvalue weighted by atomic mass is 10.1. The van der Waals surface area contributed by atoms with Gasteiger partial charge in [-0.15, -0.1) is 0 Å². The average molecular weight is 309 g/mol. The molecule has 22 heavy (non-hydrogen) atoms. The molecule has 2 aliphatic rings. The van der Waals surface area contributed by atoms with Gasteiger partial charge in [-0.25, -0.2) is 0 Å². The number of carbonyl (C=O) groups excluding carboxylic acids is 2. The monoisotopic (exact) mass is 309 g/mol. The first-order chi connectivity index (χ1) is 10.7. The summed E-state index contributed by atoms with van der Waals surface area (Å²) in [7, 11) is 0. The van der Waals surface area contributed by atoms with Gasteiger partial charge in [-0.1, -0.05) is 26.2 Å². The van der Waals surface area contributed by atoms with Gasteiger partial charge >= 0.3 is 11.8 Å². The molecule has 2 saturated heterocycles. The van der Waals surface area contributed by atoms with Crippen LogP contribution in [0.3, 0.4) is 0 Å². The van der Waals surface area contributed by atoms with Gasteiger partial charge in [0.1, 0.15) is 0 Å². The molecule has 0 aromatic carbocycles. The molecule has 0 bridgehead atoms. The molecule has 0 aliphatic carbocycles. The van der Waals surface area contributed by atoms with Crippen LogP contribution in [0.1, 0.15) is 51.9 Å². The normalized spacial score (nSPS) is 23.3. The van der Waals surface area contributed by atoms with E-state index in [9.17, 15) is 9.59 Å². The van der Waals surface area contributed by atoms with Crippen molar-refractivity contribution in [1.29, 1.82) is 0 Å². The van der Waals surface area contributed by atoms with Crippen molar-refractivity contribution in [2.24, 2.45) is 5.92 Å². The van der Waals surface area contributed by atoms with Gasteiger partial charge in [0.15, 0.2) is 0 Å². The van der Waals surface area contributed by atoms with Crippen molar-refractivity contribution in [1.82, 2.24) is 15.1 Å². The Kier molecular flexibility index (Phi) is 7.16. The van der Waals surface area contributed by atoms with Crippen molar-refractivity contribution >= 4 is 11.8 Å². The fourth-order valence-electron chi connectivity index (χ4n) is 3.39. The molecule has 1 N–H and O–H groups in total. The van der Waals surface area contributed by atoms with Gasteiger partial charge in [-0.3, -0.25) is 9.59 Å². The number of nitrogens with one attached hydrogen (secondary N) is 1. The van der Waals surface area contributed by atoms with Crippen LogP contribution in [0.15, 0.2) is 0 Å². The van der Waals surface area contributed by atoms with E-state index in [0.29, 0.717) is 12.5 Å². The Bertz CT molecular complexity index is 365. The highest BCUT2D eigenvalue weighted by Crippen LogP contribution is 2.16. The van der Waals surface area contributed by atoms with Gasteiger partial charge < -0.3 is 15.1 Å². The summed E-state index contributed by atoms with van der Waals surface area (Å²) in [6, 6.07) is 0. The highest BCUT2D eigenvalue weighted by atomic mass is 16.2. The molecule has 5 heteroatoms. The molecule has 126 valence electrons. The first-order valence-electron chi connectivity index (χ1n) is 9.00. The Balaban J connectivity index is 1.67. The molecule has 0 unspecified atom stereocenters. The number of amides is 2. The molecule has 0 saturated carbocycles. The van der Waals surface area contributed by atoms with E-state index >= 15 is 0 Å². The van der Waals surface area contributed by atoms with Crippen molar-refractivity contribution < 1.29 is 9.59 Å². The molecular weight excluding hydrogens is 278 g/mol. The first-order valence-corrected chi connectivity index (χ1v) is 9.00. The lowest BCUT2D eigenvalue weighted by Gasteiger charge is -2.20. The number of nitrogens with zero attached hydrogens (tertiary/aromatic N) is 2. The second kappa shape index (κ2) is 9.13. The third kappa shape index (κ3) is 5.27. The van der Waals surface area contributed by atoms with Crippen LogP contribution in [0, 0.1) is 5.92 Å². The van der Waals surface area contributed by atoms with Gasteiger partial charge in [0, 0.05) is 26.2 Å². The molecule has 5 nitrogen and oxygen atoms in total. The summed E-state index contributed by atoms with van der Waals surface area (Å²) in [5.41, 5.74) is 0. The zero-order valence-electron chi connectivity index (χ0n) is 14.0. The lowest BCUT2D eigenvalue weighted by Crippen LogP contribution is -2.44. The molecule has 0 aromatic heterocycles. The maximum Gasteiger partial charge on any atom is 0.311 e. The Morgan fingerprint density at radius 1 is 1.09 bits per heavy atom. The fraction of sp³-hybridized carbons (Fsp3) is 0.882. The number of rotatable bonds is 5. The van der Waals surface area contributed by atoms with Crippen molar-refractivity contribution in [2.45, 2.75) is 51.9 Å². The highest BCUT2D eigenvalue weighted by molar-refractivity contribution is 6.35. The number of hydrogen-bond donors (Lipinski definition) is 1. The van der Waals surface area contributed by atoms with Crippen molar-refractivity contribution in [3.05, 3.63) is 0 Å². The van der Waals surface area contributed by atoms with Crippen LogP contribution in [-0.4, -0.2) is 60.9 Å². The quantitative estimate of drug-likeness (QED) is 0.785. The minimum absolute atomic E-state index is 0.331. The number of likely N-dealkylation sites (tertiary alicyclic amines) is 2. The molecule has 2 amide bonds. The molecule has 2 aliphatic heterocycles. The molecule has 2 fully saturated rings. The zero-order valence-corrected chi connectivity index (χ0v) is 14.0. The molecule has 0 spiro atoms. The molecular formula is C17H31N3O2.